The smallest absolute Gasteiger partial charge is 0.315 e. The van der Waals surface area contributed by atoms with Crippen LogP contribution in [0, 0.1) is 0 Å². The number of ether oxygens (including phenoxy) is 1. The summed E-state index contributed by atoms with van der Waals surface area (Å²) in [5.74, 6) is -0.641. The number of nitrogens with two attached hydrogens (primary N) is 2. The highest BCUT2D eigenvalue weighted by molar-refractivity contribution is 5.86. The molecular weight excluding hydrogens is 230 g/mol. The summed E-state index contributed by atoms with van der Waals surface area (Å²) < 4.78 is 5.25. The molecule has 17 heavy (non-hydrogen) atoms. The Morgan fingerprint density at radius 2 is 2.12 bits per heavy atom. The standard InChI is InChI=1S/C9H17N3O5/c10-8(15)7-1-6(2-12(7)9(11)16)17-4-5(14)3-13/h5-7,13-14H,1-4H2,(H2,10,15)(H2,11,16)/t5?,6-,7-/m1/s1. The summed E-state index contributed by atoms with van der Waals surface area (Å²) in [6.45, 7) is -0.328. The van der Waals surface area contributed by atoms with Gasteiger partial charge >= 0.3 is 6.03 Å². The van der Waals surface area contributed by atoms with Crippen molar-refractivity contribution in [3.05, 3.63) is 0 Å². The topological polar surface area (TPSA) is 139 Å². The lowest BCUT2D eigenvalue weighted by molar-refractivity contribution is -0.121. The molecule has 1 saturated heterocycles. The Morgan fingerprint density at radius 3 is 2.53 bits per heavy atom. The van der Waals surface area contributed by atoms with Gasteiger partial charge < -0.3 is 31.3 Å². The molecule has 1 heterocycles. The zero-order chi connectivity index (χ0) is 13.0. The molecule has 0 spiro atoms. The van der Waals surface area contributed by atoms with Gasteiger partial charge in [0.25, 0.3) is 0 Å². The van der Waals surface area contributed by atoms with E-state index < -0.39 is 36.8 Å². The highest BCUT2D eigenvalue weighted by atomic mass is 16.5. The van der Waals surface area contributed by atoms with Crippen molar-refractivity contribution < 1.29 is 24.5 Å². The molecule has 8 nitrogen and oxygen atoms in total. The first-order valence-electron chi connectivity index (χ1n) is 5.21. The first kappa shape index (κ1) is 13.7. The van der Waals surface area contributed by atoms with E-state index in [0.29, 0.717) is 0 Å². The van der Waals surface area contributed by atoms with Gasteiger partial charge in [-0.25, -0.2) is 4.79 Å². The monoisotopic (exact) mass is 247 g/mol. The average Bonchev–Trinajstić information content (AvgIpc) is 2.70. The van der Waals surface area contributed by atoms with Gasteiger partial charge in [-0.05, 0) is 0 Å². The summed E-state index contributed by atoms with van der Waals surface area (Å²) in [6, 6.07) is -1.51. The van der Waals surface area contributed by atoms with E-state index in [0.717, 1.165) is 4.90 Å². The molecule has 0 aromatic heterocycles. The normalized spacial score (nSPS) is 25.9. The molecule has 6 N–H and O–H groups in total. The molecule has 3 amide bonds. The fraction of sp³-hybridized carbons (Fsp3) is 0.778. The van der Waals surface area contributed by atoms with Crippen LogP contribution in [-0.2, 0) is 9.53 Å². The quantitative estimate of drug-likeness (QED) is 0.420. The summed E-state index contributed by atoms with van der Waals surface area (Å²) in [5.41, 5.74) is 10.2. The largest absolute Gasteiger partial charge is 0.394 e. The van der Waals surface area contributed by atoms with Crippen molar-refractivity contribution in [2.75, 3.05) is 19.8 Å². The Balaban J connectivity index is 2.51. The van der Waals surface area contributed by atoms with Crippen molar-refractivity contribution in [3.63, 3.8) is 0 Å². The number of carbonyl (C=O) groups excluding carboxylic acids is 2. The van der Waals surface area contributed by atoms with Gasteiger partial charge in [0.05, 0.1) is 19.3 Å². The third-order valence-electron chi connectivity index (χ3n) is 2.61. The number of likely N-dealkylation sites (tertiary alicyclic amines) is 1. The summed E-state index contributed by atoms with van der Waals surface area (Å²) >= 11 is 0. The SMILES string of the molecule is NC(=O)[C@H]1C[C@@H](OCC(O)CO)CN1C(N)=O. The fourth-order valence-corrected chi connectivity index (χ4v) is 1.73. The summed E-state index contributed by atoms with van der Waals surface area (Å²) in [6.07, 6.45) is -1.15. The van der Waals surface area contributed by atoms with Crippen molar-refractivity contribution in [1.29, 1.82) is 0 Å². The van der Waals surface area contributed by atoms with Crippen molar-refractivity contribution in [1.82, 2.24) is 4.90 Å². The van der Waals surface area contributed by atoms with Gasteiger partial charge in [0.2, 0.25) is 5.91 Å². The Hall–Kier alpha value is -1.38. The number of aliphatic hydroxyl groups is 2. The van der Waals surface area contributed by atoms with E-state index >= 15 is 0 Å². The number of aliphatic hydroxyl groups excluding tert-OH is 2. The van der Waals surface area contributed by atoms with Crippen molar-refractivity contribution in [3.8, 4) is 0 Å². The lowest BCUT2D eigenvalue weighted by atomic mass is 10.2. The number of urea groups is 1. The highest BCUT2D eigenvalue weighted by Gasteiger charge is 2.38. The van der Waals surface area contributed by atoms with E-state index in [4.69, 9.17) is 26.4 Å². The van der Waals surface area contributed by atoms with Crippen LogP contribution in [0.25, 0.3) is 0 Å². The van der Waals surface area contributed by atoms with Crippen LogP contribution in [0.2, 0.25) is 0 Å². The van der Waals surface area contributed by atoms with Crippen LogP contribution in [0.4, 0.5) is 4.79 Å². The van der Waals surface area contributed by atoms with Crippen LogP contribution in [-0.4, -0.2) is 65.1 Å². The fourth-order valence-electron chi connectivity index (χ4n) is 1.73. The molecule has 1 aliphatic rings. The van der Waals surface area contributed by atoms with Crippen LogP contribution in [0.3, 0.4) is 0 Å². The second-order valence-electron chi connectivity index (χ2n) is 3.94. The Bertz CT molecular complexity index is 276. The van der Waals surface area contributed by atoms with Crippen LogP contribution >= 0.6 is 0 Å². The second kappa shape index (κ2) is 5.80. The summed E-state index contributed by atoms with van der Waals surface area (Å²) in [4.78, 5) is 23.3. The zero-order valence-electron chi connectivity index (χ0n) is 9.28. The first-order chi connectivity index (χ1) is 7.95. The summed E-state index contributed by atoms with van der Waals surface area (Å²) in [5, 5.41) is 17.7. The van der Waals surface area contributed by atoms with Crippen molar-refractivity contribution in [2.45, 2.75) is 24.7 Å². The van der Waals surface area contributed by atoms with Crippen LogP contribution < -0.4 is 11.5 Å². The minimum atomic E-state index is -0.982. The lowest BCUT2D eigenvalue weighted by Crippen LogP contribution is -2.46. The van der Waals surface area contributed by atoms with E-state index in [1.807, 2.05) is 0 Å². The lowest BCUT2D eigenvalue weighted by Gasteiger charge is -2.18. The highest BCUT2D eigenvalue weighted by Crippen LogP contribution is 2.20. The number of hydrogen-bond acceptors (Lipinski definition) is 5. The predicted octanol–water partition coefficient (Wildman–Crippen LogP) is -2.64. The van der Waals surface area contributed by atoms with Gasteiger partial charge in [-0.3, -0.25) is 4.79 Å². The van der Waals surface area contributed by atoms with Gasteiger partial charge in [0.15, 0.2) is 0 Å². The van der Waals surface area contributed by atoms with Gasteiger partial charge in [-0.2, -0.15) is 0 Å². The third-order valence-corrected chi connectivity index (χ3v) is 2.61. The molecule has 0 aromatic rings. The van der Waals surface area contributed by atoms with Crippen LogP contribution in [0.15, 0.2) is 0 Å². The van der Waals surface area contributed by atoms with E-state index in [2.05, 4.69) is 0 Å². The minimum absolute atomic E-state index is 0.0702. The maximum atomic E-state index is 11.1. The maximum Gasteiger partial charge on any atom is 0.315 e. The van der Waals surface area contributed by atoms with Gasteiger partial charge in [0, 0.05) is 13.0 Å². The number of nitrogens with zero attached hydrogens (tertiary/aromatic N) is 1. The predicted molar refractivity (Wildman–Crippen MR) is 56.7 cm³/mol. The molecule has 1 unspecified atom stereocenters. The first-order valence-corrected chi connectivity index (χ1v) is 5.21. The molecule has 3 atom stereocenters. The average molecular weight is 247 g/mol. The Labute approximate surface area is 98.1 Å². The number of carbonyl (C=O) groups is 2. The maximum absolute atomic E-state index is 11.1. The second-order valence-corrected chi connectivity index (χ2v) is 3.94. The number of rotatable bonds is 5. The van der Waals surface area contributed by atoms with E-state index in [1.54, 1.807) is 0 Å². The van der Waals surface area contributed by atoms with E-state index in [-0.39, 0.29) is 19.6 Å². The van der Waals surface area contributed by atoms with Gasteiger partial charge in [-0.1, -0.05) is 0 Å². The van der Waals surface area contributed by atoms with E-state index in [9.17, 15) is 9.59 Å². The Morgan fingerprint density at radius 1 is 1.47 bits per heavy atom. The molecule has 0 aromatic carbocycles. The number of amides is 3. The molecule has 0 saturated carbocycles. The van der Waals surface area contributed by atoms with Crippen molar-refractivity contribution in [2.24, 2.45) is 11.5 Å². The van der Waals surface area contributed by atoms with Crippen LogP contribution in [0.5, 0.6) is 0 Å². The molecule has 0 aliphatic carbocycles. The Kier molecular flexibility index (Phi) is 4.67. The molecule has 0 radical (unpaired) electrons. The molecule has 1 fully saturated rings. The van der Waals surface area contributed by atoms with Gasteiger partial charge in [-0.15, -0.1) is 0 Å². The van der Waals surface area contributed by atoms with Crippen LogP contribution in [0.1, 0.15) is 6.42 Å². The molecule has 0 bridgehead atoms. The van der Waals surface area contributed by atoms with E-state index in [1.165, 1.54) is 0 Å². The number of hydrogen-bond donors (Lipinski definition) is 4. The molecule has 1 rings (SSSR count). The number of primary amides is 2. The molecule has 98 valence electrons. The third kappa shape index (κ3) is 3.55. The van der Waals surface area contributed by atoms with Crippen molar-refractivity contribution >= 4 is 11.9 Å². The van der Waals surface area contributed by atoms with Gasteiger partial charge in [0.1, 0.15) is 12.1 Å². The zero-order valence-corrected chi connectivity index (χ0v) is 9.28. The molecule has 8 heteroatoms. The summed E-state index contributed by atoms with van der Waals surface area (Å²) in [7, 11) is 0. The minimum Gasteiger partial charge on any atom is -0.394 e. The molecule has 1 aliphatic heterocycles. The molecular formula is C9H17N3O5.